The normalized spacial score (nSPS) is 17.0. The Kier molecular flexibility index (Phi) is 3.90. The Morgan fingerprint density at radius 3 is 2.76 bits per heavy atom. The van der Waals surface area contributed by atoms with Gasteiger partial charge in [0.25, 0.3) is 5.91 Å². The Labute approximate surface area is 132 Å². The highest BCUT2D eigenvalue weighted by atomic mass is 32.2. The number of carbonyl (C=O) groups excluding carboxylic acids is 1. The van der Waals surface area contributed by atoms with Gasteiger partial charge < -0.3 is 0 Å². The summed E-state index contributed by atoms with van der Waals surface area (Å²) in [6.45, 7) is 0.510. The van der Waals surface area contributed by atoms with Gasteiger partial charge in [0.2, 0.25) is 0 Å². The lowest BCUT2D eigenvalue weighted by Gasteiger charge is -2.14. The van der Waals surface area contributed by atoms with Crippen LogP contribution < -0.4 is 0 Å². The number of rotatable bonds is 3. The highest BCUT2D eigenvalue weighted by molar-refractivity contribution is 8.26. The predicted molar refractivity (Wildman–Crippen MR) is 88.4 cm³/mol. The van der Waals surface area contributed by atoms with Crippen LogP contribution in [0.2, 0.25) is 0 Å². The molecule has 0 saturated carbocycles. The molecule has 1 saturated heterocycles. The van der Waals surface area contributed by atoms with Crippen molar-refractivity contribution in [3.63, 3.8) is 0 Å². The van der Waals surface area contributed by atoms with Gasteiger partial charge >= 0.3 is 0 Å². The Bertz CT molecular complexity index is 722. The van der Waals surface area contributed by atoms with Crippen molar-refractivity contribution in [2.45, 2.75) is 6.54 Å². The number of aromatic nitrogens is 2. The van der Waals surface area contributed by atoms with E-state index in [4.69, 9.17) is 12.2 Å². The van der Waals surface area contributed by atoms with E-state index in [0.717, 1.165) is 11.1 Å². The molecule has 0 unspecified atom stereocenters. The van der Waals surface area contributed by atoms with Crippen molar-refractivity contribution in [2.24, 2.45) is 7.05 Å². The van der Waals surface area contributed by atoms with Crippen LogP contribution in [-0.2, 0) is 18.4 Å². The minimum Gasteiger partial charge on any atom is -0.288 e. The number of aryl methyl sites for hydroxylation is 1. The van der Waals surface area contributed by atoms with Crippen LogP contribution >= 0.6 is 24.0 Å². The number of benzene rings is 1. The largest absolute Gasteiger partial charge is 0.288 e. The van der Waals surface area contributed by atoms with Crippen molar-refractivity contribution < 1.29 is 4.79 Å². The zero-order valence-electron chi connectivity index (χ0n) is 11.4. The van der Waals surface area contributed by atoms with Crippen molar-refractivity contribution in [2.75, 3.05) is 0 Å². The van der Waals surface area contributed by atoms with E-state index in [1.807, 2.05) is 49.7 Å². The van der Waals surface area contributed by atoms with Gasteiger partial charge in [-0.2, -0.15) is 5.10 Å². The fourth-order valence-corrected chi connectivity index (χ4v) is 3.32. The predicted octanol–water partition coefficient (Wildman–Crippen LogP) is 2.82. The second kappa shape index (κ2) is 5.83. The number of amides is 1. The van der Waals surface area contributed by atoms with Crippen LogP contribution in [0.25, 0.3) is 6.08 Å². The fraction of sp³-hybridized carbons (Fsp3) is 0.133. The second-order valence-electron chi connectivity index (χ2n) is 4.70. The van der Waals surface area contributed by atoms with E-state index < -0.39 is 0 Å². The van der Waals surface area contributed by atoms with Crippen molar-refractivity contribution in [1.82, 2.24) is 14.7 Å². The lowest BCUT2D eigenvalue weighted by Crippen LogP contribution is -2.27. The number of thiocarbonyl (C=S) groups is 1. The average Bonchev–Trinajstić information content (AvgIpc) is 2.99. The smallest absolute Gasteiger partial charge is 0.266 e. The van der Waals surface area contributed by atoms with E-state index in [1.165, 1.54) is 11.8 Å². The standard InChI is InChI=1S/C15H13N3OS2/c1-17-9-12(8-16-17)7-13-14(19)18(15(20)21-13)10-11-5-3-2-4-6-11/h2-9H,10H2,1H3. The van der Waals surface area contributed by atoms with E-state index in [-0.39, 0.29) is 5.91 Å². The Hall–Kier alpha value is -1.92. The monoisotopic (exact) mass is 315 g/mol. The maximum atomic E-state index is 12.5. The minimum absolute atomic E-state index is 0.0438. The van der Waals surface area contributed by atoms with Gasteiger partial charge in [0.15, 0.2) is 0 Å². The number of carbonyl (C=O) groups is 1. The zero-order chi connectivity index (χ0) is 14.8. The first-order valence-corrected chi connectivity index (χ1v) is 7.64. The Morgan fingerprint density at radius 2 is 2.10 bits per heavy atom. The van der Waals surface area contributed by atoms with Gasteiger partial charge in [-0.25, -0.2) is 0 Å². The number of hydrogen-bond acceptors (Lipinski definition) is 4. The molecule has 1 aromatic heterocycles. The number of hydrogen-bond donors (Lipinski definition) is 0. The summed E-state index contributed by atoms with van der Waals surface area (Å²) < 4.78 is 2.30. The van der Waals surface area contributed by atoms with Crippen LogP contribution in [-0.4, -0.2) is 24.9 Å². The van der Waals surface area contributed by atoms with Crippen molar-refractivity contribution >= 4 is 40.3 Å². The molecule has 0 spiro atoms. The molecule has 0 radical (unpaired) electrons. The fourth-order valence-electron chi connectivity index (χ4n) is 2.07. The summed E-state index contributed by atoms with van der Waals surface area (Å²) in [5, 5.41) is 4.09. The summed E-state index contributed by atoms with van der Waals surface area (Å²) >= 11 is 6.66. The summed E-state index contributed by atoms with van der Waals surface area (Å²) in [5.41, 5.74) is 1.97. The number of nitrogens with zero attached hydrogens (tertiary/aromatic N) is 3. The van der Waals surface area contributed by atoms with Crippen LogP contribution in [0.5, 0.6) is 0 Å². The van der Waals surface area contributed by atoms with Gasteiger partial charge in [0.1, 0.15) is 4.32 Å². The summed E-state index contributed by atoms with van der Waals surface area (Å²) in [5.74, 6) is -0.0438. The van der Waals surface area contributed by atoms with Crippen LogP contribution in [0, 0.1) is 0 Å². The van der Waals surface area contributed by atoms with Gasteiger partial charge in [-0.05, 0) is 11.6 Å². The van der Waals surface area contributed by atoms with E-state index in [9.17, 15) is 4.79 Å². The Balaban J connectivity index is 1.81. The van der Waals surface area contributed by atoms with Crippen LogP contribution in [0.4, 0.5) is 0 Å². The third-order valence-corrected chi connectivity index (χ3v) is 4.46. The topological polar surface area (TPSA) is 38.1 Å². The lowest BCUT2D eigenvalue weighted by atomic mass is 10.2. The molecule has 6 heteroatoms. The molecule has 1 amide bonds. The molecule has 0 bridgehead atoms. The summed E-state index contributed by atoms with van der Waals surface area (Å²) in [7, 11) is 1.85. The highest BCUT2D eigenvalue weighted by Gasteiger charge is 2.31. The van der Waals surface area contributed by atoms with Crippen molar-refractivity contribution in [3.05, 3.63) is 58.8 Å². The molecular weight excluding hydrogens is 302 g/mol. The van der Waals surface area contributed by atoms with E-state index >= 15 is 0 Å². The van der Waals surface area contributed by atoms with Gasteiger partial charge in [0, 0.05) is 18.8 Å². The first-order valence-electron chi connectivity index (χ1n) is 6.41. The quantitative estimate of drug-likeness (QED) is 0.645. The minimum atomic E-state index is -0.0438. The summed E-state index contributed by atoms with van der Waals surface area (Å²) in [6, 6.07) is 9.85. The molecule has 1 aromatic carbocycles. The molecule has 3 rings (SSSR count). The highest BCUT2D eigenvalue weighted by Crippen LogP contribution is 2.33. The third kappa shape index (κ3) is 3.06. The summed E-state index contributed by atoms with van der Waals surface area (Å²) in [6.07, 6.45) is 5.42. The van der Waals surface area contributed by atoms with Gasteiger partial charge in [-0.15, -0.1) is 0 Å². The van der Waals surface area contributed by atoms with Gasteiger partial charge in [-0.1, -0.05) is 54.3 Å². The molecular formula is C15H13N3OS2. The van der Waals surface area contributed by atoms with E-state index in [0.29, 0.717) is 15.8 Å². The van der Waals surface area contributed by atoms with Crippen LogP contribution in [0.1, 0.15) is 11.1 Å². The maximum Gasteiger partial charge on any atom is 0.266 e. The first kappa shape index (κ1) is 14.0. The van der Waals surface area contributed by atoms with Crippen LogP contribution in [0.3, 0.4) is 0 Å². The van der Waals surface area contributed by atoms with Crippen molar-refractivity contribution in [1.29, 1.82) is 0 Å². The van der Waals surface area contributed by atoms with Crippen LogP contribution in [0.15, 0.2) is 47.6 Å². The second-order valence-corrected chi connectivity index (χ2v) is 6.38. The molecule has 0 aliphatic carbocycles. The molecule has 1 aliphatic heterocycles. The molecule has 1 fully saturated rings. The van der Waals surface area contributed by atoms with Crippen molar-refractivity contribution in [3.8, 4) is 0 Å². The molecule has 1 aliphatic rings. The lowest BCUT2D eigenvalue weighted by molar-refractivity contribution is -0.122. The zero-order valence-corrected chi connectivity index (χ0v) is 13.0. The average molecular weight is 315 g/mol. The maximum absolute atomic E-state index is 12.5. The molecule has 0 N–H and O–H groups in total. The van der Waals surface area contributed by atoms with E-state index in [2.05, 4.69) is 5.10 Å². The third-order valence-electron chi connectivity index (χ3n) is 3.08. The number of thioether (sulfide) groups is 1. The molecule has 21 heavy (non-hydrogen) atoms. The Morgan fingerprint density at radius 1 is 1.33 bits per heavy atom. The molecule has 2 heterocycles. The van der Waals surface area contributed by atoms with Gasteiger partial charge in [-0.3, -0.25) is 14.4 Å². The SMILES string of the molecule is Cn1cc(C=C2SC(=S)N(Cc3ccccc3)C2=O)cn1. The molecule has 2 aromatic rings. The molecule has 106 valence electrons. The molecule has 4 nitrogen and oxygen atoms in total. The van der Waals surface area contributed by atoms with Gasteiger partial charge in [0.05, 0.1) is 17.6 Å². The molecule has 0 atom stereocenters. The van der Waals surface area contributed by atoms with E-state index in [1.54, 1.807) is 15.8 Å². The summed E-state index contributed by atoms with van der Waals surface area (Å²) in [4.78, 5) is 14.7. The first-order chi connectivity index (χ1) is 10.1.